The minimum Gasteiger partial charge on any atom is -0.478 e. The predicted molar refractivity (Wildman–Crippen MR) is 90.7 cm³/mol. The van der Waals surface area contributed by atoms with Gasteiger partial charge in [0.15, 0.2) is 0 Å². The van der Waals surface area contributed by atoms with Gasteiger partial charge in [-0.2, -0.15) is 0 Å². The fourth-order valence-corrected chi connectivity index (χ4v) is 4.57. The first-order chi connectivity index (χ1) is 11.6. The lowest BCUT2D eigenvalue weighted by atomic mass is 9.82. The van der Waals surface area contributed by atoms with E-state index in [0.717, 1.165) is 24.0 Å². The molecule has 126 valence electrons. The van der Waals surface area contributed by atoms with Gasteiger partial charge < -0.3 is 19.7 Å². The highest BCUT2D eigenvalue weighted by Crippen LogP contribution is 2.36. The second-order valence-corrected chi connectivity index (χ2v) is 7.22. The summed E-state index contributed by atoms with van der Waals surface area (Å²) in [6.45, 7) is 1.92. The Morgan fingerprint density at radius 2 is 2.08 bits per heavy atom. The summed E-state index contributed by atoms with van der Waals surface area (Å²) < 4.78 is 6.27. The van der Waals surface area contributed by atoms with Crippen LogP contribution in [0.4, 0.5) is 0 Å². The zero-order valence-electron chi connectivity index (χ0n) is 13.1. The van der Waals surface area contributed by atoms with Gasteiger partial charge in [-0.15, -0.1) is 11.3 Å². The third-order valence-electron chi connectivity index (χ3n) is 5.01. The summed E-state index contributed by atoms with van der Waals surface area (Å²) in [6, 6.07) is 1.76. The van der Waals surface area contributed by atoms with Crippen LogP contribution >= 0.6 is 11.3 Å². The molecule has 1 fully saturated rings. The third-order valence-corrected chi connectivity index (χ3v) is 5.94. The summed E-state index contributed by atoms with van der Waals surface area (Å²) in [4.78, 5) is 29.3. The van der Waals surface area contributed by atoms with Gasteiger partial charge in [0.25, 0.3) is 5.91 Å². The molecule has 7 heteroatoms. The number of carboxylic acids is 1. The van der Waals surface area contributed by atoms with E-state index < -0.39 is 5.97 Å². The number of aromatic carboxylic acids is 1. The van der Waals surface area contributed by atoms with E-state index in [1.807, 2.05) is 11.0 Å². The molecule has 1 amide bonds. The lowest BCUT2D eigenvalue weighted by Crippen LogP contribution is -2.56. The number of hydrogen-bond donors (Lipinski definition) is 2. The van der Waals surface area contributed by atoms with Crippen molar-refractivity contribution >= 4 is 33.4 Å². The van der Waals surface area contributed by atoms with Gasteiger partial charge in [-0.3, -0.25) is 4.79 Å². The SMILES string of the molecule is O=C(O)c1csc2cc(C(=O)N3CC=CCC34CCOCC4)[nH]c12. The van der Waals surface area contributed by atoms with E-state index in [1.165, 1.54) is 11.3 Å². The number of thiophene rings is 1. The minimum absolute atomic E-state index is 0.0685. The van der Waals surface area contributed by atoms with Crippen molar-refractivity contribution in [1.29, 1.82) is 0 Å². The molecule has 0 saturated carbocycles. The van der Waals surface area contributed by atoms with Crippen molar-refractivity contribution in [2.45, 2.75) is 24.8 Å². The van der Waals surface area contributed by atoms with Gasteiger partial charge >= 0.3 is 5.97 Å². The molecular formula is C17H18N2O4S. The average Bonchev–Trinajstić information content (AvgIpc) is 3.15. The van der Waals surface area contributed by atoms with Crippen LogP contribution in [0.15, 0.2) is 23.6 Å². The van der Waals surface area contributed by atoms with Crippen molar-refractivity contribution in [1.82, 2.24) is 9.88 Å². The highest BCUT2D eigenvalue weighted by Gasteiger charge is 2.41. The number of rotatable bonds is 2. The molecule has 4 heterocycles. The molecule has 2 aromatic heterocycles. The third kappa shape index (κ3) is 2.35. The first kappa shape index (κ1) is 15.4. The number of fused-ring (bicyclic) bond motifs is 1. The fourth-order valence-electron chi connectivity index (χ4n) is 3.64. The lowest BCUT2D eigenvalue weighted by molar-refractivity contribution is -0.0180. The molecule has 6 nitrogen and oxygen atoms in total. The van der Waals surface area contributed by atoms with Crippen LogP contribution in [0.5, 0.6) is 0 Å². The topological polar surface area (TPSA) is 82.6 Å². The van der Waals surface area contributed by atoms with Crippen molar-refractivity contribution in [3.8, 4) is 0 Å². The molecule has 4 rings (SSSR count). The molecule has 2 N–H and O–H groups in total. The Bertz CT molecular complexity index is 829. The molecule has 2 aromatic rings. The highest BCUT2D eigenvalue weighted by atomic mass is 32.1. The van der Waals surface area contributed by atoms with Crippen molar-refractivity contribution in [3.63, 3.8) is 0 Å². The van der Waals surface area contributed by atoms with Crippen molar-refractivity contribution in [3.05, 3.63) is 34.9 Å². The van der Waals surface area contributed by atoms with Crippen LogP contribution in [-0.4, -0.2) is 52.2 Å². The maximum atomic E-state index is 13.1. The predicted octanol–water partition coefficient (Wildman–Crippen LogP) is 2.88. The molecule has 0 aromatic carbocycles. The number of aromatic amines is 1. The zero-order chi connectivity index (χ0) is 16.7. The Morgan fingerprint density at radius 1 is 1.29 bits per heavy atom. The quantitative estimate of drug-likeness (QED) is 0.819. The molecule has 0 radical (unpaired) electrons. The normalized spacial score (nSPS) is 19.9. The molecule has 1 spiro atoms. The summed E-state index contributed by atoms with van der Waals surface area (Å²) in [6.07, 6.45) is 6.67. The van der Waals surface area contributed by atoms with Crippen molar-refractivity contribution in [2.75, 3.05) is 19.8 Å². The number of H-pyrrole nitrogens is 1. The fraction of sp³-hybridized carbons (Fsp3) is 0.412. The summed E-state index contributed by atoms with van der Waals surface area (Å²) in [5.41, 5.74) is 1.02. The molecular weight excluding hydrogens is 328 g/mol. The second-order valence-electron chi connectivity index (χ2n) is 6.30. The van der Waals surface area contributed by atoms with E-state index in [-0.39, 0.29) is 17.0 Å². The molecule has 2 aliphatic heterocycles. The first-order valence-electron chi connectivity index (χ1n) is 7.99. The first-order valence-corrected chi connectivity index (χ1v) is 8.87. The minimum atomic E-state index is -0.982. The van der Waals surface area contributed by atoms with Crippen LogP contribution < -0.4 is 0 Å². The number of ether oxygens (including phenoxy) is 1. The number of amides is 1. The van der Waals surface area contributed by atoms with Gasteiger partial charge in [-0.05, 0) is 25.3 Å². The average molecular weight is 346 g/mol. The van der Waals surface area contributed by atoms with Crippen molar-refractivity contribution in [2.24, 2.45) is 0 Å². The summed E-state index contributed by atoms with van der Waals surface area (Å²) in [7, 11) is 0. The van der Waals surface area contributed by atoms with Crippen LogP contribution in [0.25, 0.3) is 10.2 Å². The summed E-state index contributed by atoms with van der Waals surface area (Å²) in [5, 5.41) is 10.8. The Morgan fingerprint density at radius 3 is 2.83 bits per heavy atom. The standard InChI is InChI=1S/C17H18N2O4S/c20-15(12-9-13-14(18-12)11(10-24-13)16(21)22)19-6-2-1-3-17(19)4-7-23-8-5-17/h1-2,9-10,18H,3-8H2,(H,21,22). The number of nitrogens with zero attached hydrogens (tertiary/aromatic N) is 1. The molecule has 0 atom stereocenters. The van der Waals surface area contributed by atoms with E-state index >= 15 is 0 Å². The number of carbonyl (C=O) groups excluding carboxylic acids is 1. The van der Waals surface area contributed by atoms with Crippen LogP contribution in [0, 0.1) is 0 Å². The molecule has 0 bridgehead atoms. The van der Waals surface area contributed by atoms with Crippen molar-refractivity contribution < 1.29 is 19.4 Å². The van der Waals surface area contributed by atoms with Gasteiger partial charge in [-0.25, -0.2) is 4.79 Å². The monoisotopic (exact) mass is 346 g/mol. The molecule has 0 unspecified atom stereocenters. The number of hydrogen-bond acceptors (Lipinski definition) is 4. The summed E-state index contributed by atoms with van der Waals surface area (Å²) in [5.74, 6) is -1.05. The van der Waals surface area contributed by atoms with E-state index in [4.69, 9.17) is 4.74 Å². The van der Waals surface area contributed by atoms with Gasteiger partial charge in [0, 0.05) is 25.1 Å². The Kier molecular flexibility index (Phi) is 3.69. The van der Waals surface area contributed by atoms with Gasteiger partial charge in [0.1, 0.15) is 5.69 Å². The number of carbonyl (C=O) groups is 2. The van der Waals surface area contributed by atoms with Crippen LogP contribution in [0.3, 0.4) is 0 Å². The van der Waals surface area contributed by atoms with Crippen LogP contribution in [0.2, 0.25) is 0 Å². The zero-order valence-corrected chi connectivity index (χ0v) is 13.9. The van der Waals surface area contributed by atoms with Crippen LogP contribution in [0.1, 0.15) is 40.1 Å². The van der Waals surface area contributed by atoms with Gasteiger partial charge in [0.05, 0.1) is 21.3 Å². The molecule has 24 heavy (non-hydrogen) atoms. The number of aromatic nitrogens is 1. The lowest BCUT2D eigenvalue weighted by Gasteiger charge is -2.47. The summed E-state index contributed by atoms with van der Waals surface area (Å²) >= 11 is 1.34. The maximum absolute atomic E-state index is 13.1. The van der Waals surface area contributed by atoms with E-state index in [0.29, 0.717) is 31.0 Å². The van der Waals surface area contributed by atoms with E-state index in [2.05, 4.69) is 11.1 Å². The van der Waals surface area contributed by atoms with Gasteiger partial charge in [-0.1, -0.05) is 12.2 Å². The Balaban J connectivity index is 1.69. The highest BCUT2D eigenvalue weighted by molar-refractivity contribution is 7.17. The Labute approximate surface area is 142 Å². The largest absolute Gasteiger partial charge is 0.478 e. The van der Waals surface area contributed by atoms with Crippen LogP contribution in [-0.2, 0) is 4.74 Å². The molecule has 0 aliphatic carbocycles. The molecule has 1 saturated heterocycles. The Hall–Kier alpha value is -2.12. The smallest absolute Gasteiger partial charge is 0.338 e. The van der Waals surface area contributed by atoms with E-state index in [9.17, 15) is 14.7 Å². The number of carboxylic acid groups (broad SMARTS) is 1. The molecule has 2 aliphatic rings. The maximum Gasteiger partial charge on any atom is 0.338 e. The van der Waals surface area contributed by atoms with Gasteiger partial charge in [0.2, 0.25) is 0 Å². The van der Waals surface area contributed by atoms with E-state index in [1.54, 1.807) is 11.4 Å². The number of nitrogens with one attached hydrogen (secondary N) is 1. The second kappa shape index (κ2) is 5.75.